The molecule has 2 saturated heterocycles. The summed E-state index contributed by atoms with van der Waals surface area (Å²) in [6.45, 7) is 6.37. The van der Waals surface area contributed by atoms with E-state index in [1.807, 2.05) is 13.8 Å². The number of ketones is 3. The minimum absolute atomic E-state index is 0.00921. The van der Waals surface area contributed by atoms with Crippen molar-refractivity contribution >= 4 is 40.7 Å². The van der Waals surface area contributed by atoms with Crippen LogP contribution in [0, 0.1) is 23.2 Å². The molecule has 7 atom stereocenters. The minimum Gasteiger partial charge on any atom is -0.508 e. The minimum atomic E-state index is -1.45. The van der Waals surface area contributed by atoms with Gasteiger partial charge in [0.25, 0.3) is 0 Å². The molecule has 2 heterocycles. The van der Waals surface area contributed by atoms with Crippen LogP contribution in [-0.4, -0.2) is 115 Å². The molecule has 8 rings (SSSR count). The largest absolute Gasteiger partial charge is 0.508 e. The van der Waals surface area contributed by atoms with Crippen LogP contribution in [0.1, 0.15) is 118 Å². The molecule has 2 aliphatic heterocycles. The highest BCUT2D eigenvalue weighted by Gasteiger charge is 2.45. The quantitative estimate of drug-likeness (QED) is 0.0216. The molecular formula is C53H61N5O14. The van der Waals surface area contributed by atoms with Crippen molar-refractivity contribution in [1.82, 2.24) is 10.6 Å². The average molecular weight is 992 g/mol. The lowest BCUT2D eigenvalue weighted by molar-refractivity contribution is -0.204. The van der Waals surface area contributed by atoms with Gasteiger partial charge in [-0.05, 0) is 86.4 Å². The molecule has 7 unspecified atom stereocenters. The van der Waals surface area contributed by atoms with E-state index in [-0.39, 0.29) is 105 Å². The Kier molecular flexibility index (Phi) is 15.3. The summed E-state index contributed by atoms with van der Waals surface area (Å²) in [6.07, 6.45) is -2.78. The van der Waals surface area contributed by atoms with Gasteiger partial charge >= 0.3 is 5.97 Å². The summed E-state index contributed by atoms with van der Waals surface area (Å²) in [7, 11) is 2.54. The van der Waals surface area contributed by atoms with Gasteiger partial charge in [0.2, 0.25) is 11.7 Å². The molecule has 4 aromatic carbocycles. The number of nitrogens with one attached hydrogen (secondary N) is 3. The Bertz CT molecular complexity index is 2800. The van der Waals surface area contributed by atoms with Crippen molar-refractivity contribution in [3.63, 3.8) is 0 Å². The molecule has 0 spiro atoms. The highest BCUT2D eigenvalue weighted by molar-refractivity contribution is 6.31. The zero-order chi connectivity index (χ0) is 51.7. The number of carbonyl (C=O) groups excluding carboxylic acids is 5. The molecule has 4 aliphatic rings. The highest BCUT2D eigenvalue weighted by Crippen LogP contribution is 2.52. The van der Waals surface area contributed by atoms with Gasteiger partial charge in [-0.2, -0.15) is 0 Å². The predicted molar refractivity (Wildman–Crippen MR) is 261 cm³/mol. The Balaban J connectivity index is 0.976. The maximum absolute atomic E-state index is 14.1. The number of esters is 1. The highest BCUT2D eigenvalue weighted by atomic mass is 16.7. The topological polar surface area (TPSA) is 290 Å². The van der Waals surface area contributed by atoms with Gasteiger partial charge in [0.1, 0.15) is 41.2 Å². The number of anilines is 1. The summed E-state index contributed by atoms with van der Waals surface area (Å²) in [5.74, 6) is -6.21. The number of Topliss-reactive ketones (excluding diaryl/α,β-unsaturated/α-hetero) is 1. The maximum atomic E-state index is 14.1. The van der Waals surface area contributed by atoms with Gasteiger partial charge in [-0.15, -0.1) is 0 Å². The zero-order valence-electron chi connectivity index (χ0n) is 40.8. The van der Waals surface area contributed by atoms with E-state index in [1.165, 1.54) is 37.3 Å². The second-order valence-electron chi connectivity index (χ2n) is 19.1. The molecule has 2 fully saturated rings. The number of aromatic hydroxyl groups is 4. The van der Waals surface area contributed by atoms with Crippen LogP contribution in [-0.2, 0) is 46.3 Å². The molecule has 382 valence electrons. The maximum Gasteiger partial charge on any atom is 0.343 e. The lowest BCUT2D eigenvalue weighted by Gasteiger charge is -2.37. The number of amidine groups is 1. The van der Waals surface area contributed by atoms with E-state index >= 15 is 0 Å². The van der Waals surface area contributed by atoms with E-state index in [0.717, 1.165) is 11.6 Å². The van der Waals surface area contributed by atoms with E-state index in [1.54, 1.807) is 37.3 Å². The van der Waals surface area contributed by atoms with E-state index in [9.17, 15) is 44.4 Å². The number of fused-ring (bicyclic) bond motifs is 8. The number of rotatable bonds is 11. The Labute approximate surface area is 416 Å². The number of benzene rings is 4. The summed E-state index contributed by atoms with van der Waals surface area (Å²) in [4.78, 5) is 70.1. The van der Waals surface area contributed by atoms with E-state index < -0.39 is 65.5 Å². The van der Waals surface area contributed by atoms with Crippen molar-refractivity contribution in [2.75, 3.05) is 45.4 Å². The molecule has 0 radical (unpaired) electrons. The van der Waals surface area contributed by atoms with Crippen LogP contribution in [0.2, 0.25) is 0 Å². The number of hydrogen-bond donors (Lipinski definition) is 8. The average Bonchev–Trinajstić information content (AvgIpc) is 3.36. The van der Waals surface area contributed by atoms with Gasteiger partial charge in [-0.25, -0.2) is 4.79 Å². The van der Waals surface area contributed by atoms with Gasteiger partial charge in [0.05, 0.1) is 61.2 Å². The summed E-state index contributed by atoms with van der Waals surface area (Å²) in [6, 6.07) is 14.1. The van der Waals surface area contributed by atoms with E-state index in [2.05, 4.69) is 10.6 Å². The first-order valence-corrected chi connectivity index (χ1v) is 24.1. The molecule has 4 aromatic rings. The van der Waals surface area contributed by atoms with Crippen molar-refractivity contribution in [1.29, 1.82) is 5.41 Å². The second-order valence-corrected chi connectivity index (χ2v) is 19.1. The second kappa shape index (κ2) is 21.4. The van der Waals surface area contributed by atoms with Crippen molar-refractivity contribution in [2.24, 2.45) is 23.5 Å². The summed E-state index contributed by atoms with van der Waals surface area (Å²) < 4.78 is 29.0. The molecule has 1 amide bonds. The SMILES string of the molecule is COC(=O)C(N)N(C(=N)c1cc(C(C)C)c(O)cc1O)c1ccc(CNCCC2C(=O)NCC3CCOC(C3)OC3CC(Cc4c(O)c5c(c(O)c43)C(=O)c3c(OC)cccc3C5=O)C(=O)COC2C)cc1. The third kappa shape index (κ3) is 9.99. The van der Waals surface area contributed by atoms with Crippen LogP contribution in [0.3, 0.4) is 0 Å². The van der Waals surface area contributed by atoms with Crippen LogP contribution < -0.4 is 26.0 Å². The fourth-order valence-electron chi connectivity index (χ4n) is 10.2. The molecule has 0 saturated carbocycles. The lowest BCUT2D eigenvalue weighted by atomic mass is 9.73. The normalized spacial score (nSPS) is 22.6. The zero-order valence-corrected chi connectivity index (χ0v) is 40.8. The van der Waals surface area contributed by atoms with E-state index in [0.29, 0.717) is 56.8 Å². The smallest absolute Gasteiger partial charge is 0.343 e. The van der Waals surface area contributed by atoms with Crippen LogP contribution in [0.25, 0.3) is 0 Å². The summed E-state index contributed by atoms with van der Waals surface area (Å²) >= 11 is 0. The molecule has 72 heavy (non-hydrogen) atoms. The Hall–Kier alpha value is -6.90. The number of carbonyl (C=O) groups is 5. The Morgan fingerprint density at radius 1 is 0.944 bits per heavy atom. The lowest BCUT2D eigenvalue weighted by Crippen LogP contribution is -2.51. The van der Waals surface area contributed by atoms with Crippen molar-refractivity contribution < 1.29 is 68.1 Å². The molecule has 4 bridgehead atoms. The van der Waals surface area contributed by atoms with Gasteiger partial charge in [0, 0.05) is 53.9 Å². The number of phenols is 4. The van der Waals surface area contributed by atoms with Crippen molar-refractivity contribution in [2.45, 2.75) is 90.0 Å². The fourth-order valence-corrected chi connectivity index (χ4v) is 10.2. The first-order valence-electron chi connectivity index (χ1n) is 24.1. The number of ether oxygens (including phenoxy) is 5. The first kappa shape index (κ1) is 51.5. The van der Waals surface area contributed by atoms with Crippen LogP contribution in [0.4, 0.5) is 5.69 Å². The molecule has 19 nitrogen and oxygen atoms in total. The third-order valence-corrected chi connectivity index (χ3v) is 14.3. The van der Waals surface area contributed by atoms with Gasteiger partial charge in [0.15, 0.2) is 24.0 Å². The van der Waals surface area contributed by atoms with Crippen LogP contribution in [0.15, 0.2) is 54.6 Å². The van der Waals surface area contributed by atoms with Crippen molar-refractivity contribution in [3.8, 4) is 28.7 Å². The fraction of sp³-hybridized carbons (Fsp3) is 0.434. The van der Waals surface area contributed by atoms with E-state index in [4.69, 9.17) is 34.8 Å². The number of phenolic OH excluding ortho intramolecular Hbond substituents is 4. The molecule has 0 aromatic heterocycles. The van der Waals surface area contributed by atoms with Crippen LogP contribution >= 0.6 is 0 Å². The van der Waals surface area contributed by atoms with Crippen LogP contribution in [0.5, 0.6) is 28.7 Å². The van der Waals surface area contributed by atoms with Gasteiger partial charge in [-0.1, -0.05) is 38.1 Å². The number of hydrogen-bond acceptors (Lipinski definition) is 17. The van der Waals surface area contributed by atoms with Crippen molar-refractivity contribution in [3.05, 3.63) is 105 Å². The third-order valence-electron chi connectivity index (χ3n) is 14.3. The number of methoxy groups -OCH3 is 2. The Morgan fingerprint density at radius 3 is 2.39 bits per heavy atom. The molecule has 2 aliphatic carbocycles. The number of nitrogens with zero attached hydrogens (tertiary/aromatic N) is 1. The standard InChI is InChI=1S/C53H61N5O14/c1-25(2)33-20-34(37(60)21-36(33)59)50(54)58(51(55)53(67)69-5)30-11-9-27(10-12-30)22-56-15-13-31-26(3)71-24-38(61)29-18-35-43(40(19-29)72-41-17-28(14-16-70-41)23-57-52(31)66)49(65)45-44(47(35)63)46(62)32-7-6-8-39(68-4)42(32)48(45)64/h6-12,20-21,25-26,28-29,31,40-41,51,54,56,59-60,63,65H,13-19,22-24,55H2,1-5H3,(H,57,66). The number of nitrogens with two attached hydrogens (primary N) is 1. The molecular weight excluding hydrogens is 931 g/mol. The summed E-state index contributed by atoms with van der Waals surface area (Å²) in [5, 5.41) is 60.5. The molecule has 19 heteroatoms. The predicted octanol–water partition coefficient (Wildman–Crippen LogP) is 4.98. The van der Waals surface area contributed by atoms with Gasteiger partial charge < -0.3 is 60.5 Å². The molecule has 9 N–H and O–H groups in total. The first-order chi connectivity index (χ1) is 34.4. The summed E-state index contributed by atoms with van der Waals surface area (Å²) in [5.41, 5.74) is 7.50. The monoisotopic (exact) mass is 991 g/mol. The Morgan fingerprint density at radius 2 is 1.68 bits per heavy atom. The number of amides is 1. The van der Waals surface area contributed by atoms with Gasteiger partial charge in [-0.3, -0.25) is 29.5 Å².